The molecule has 0 radical (unpaired) electrons. The summed E-state index contributed by atoms with van der Waals surface area (Å²) in [5, 5.41) is 3.11. The van der Waals surface area contributed by atoms with Gasteiger partial charge in [0.2, 0.25) is 5.91 Å². The number of H-pyrrole nitrogens is 1. The maximum Gasteiger partial charge on any atom is 0.329 e. The Hall–Kier alpha value is -3.35. The van der Waals surface area contributed by atoms with Crippen LogP contribution in [0, 0.1) is 6.92 Å². The molecule has 2 aromatic carbocycles. The lowest BCUT2D eigenvalue weighted by atomic mass is 10.2. The van der Waals surface area contributed by atoms with Crippen LogP contribution in [0.4, 0.5) is 0 Å². The van der Waals surface area contributed by atoms with E-state index in [0.717, 1.165) is 23.2 Å². The van der Waals surface area contributed by atoms with Gasteiger partial charge in [-0.2, -0.15) is 0 Å². The van der Waals surface area contributed by atoms with E-state index in [4.69, 9.17) is 4.74 Å². The second-order valence-corrected chi connectivity index (χ2v) is 6.59. The minimum absolute atomic E-state index is 0.307. The predicted octanol–water partition coefficient (Wildman–Crippen LogP) is 1.97. The summed E-state index contributed by atoms with van der Waals surface area (Å²) in [6, 6.07) is 14.6. The zero-order valence-corrected chi connectivity index (χ0v) is 15.7. The predicted molar refractivity (Wildman–Crippen MR) is 108 cm³/mol. The van der Waals surface area contributed by atoms with Crippen LogP contribution in [-0.4, -0.2) is 28.6 Å². The third kappa shape index (κ3) is 4.88. The summed E-state index contributed by atoms with van der Waals surface area (Å²) < 4.78 is 6.55. The fourth-order valence-corrected chi connectivity index (χ4v) is 2.82. The van der Waals surface area contributed by atoms with Gasteiger partial charge in [-0.25, -0.2) is 4.79 Å². The van der Waals surface area contributed by atoms with Crippen molar-refractivity contribution in [2.75, 3.05) is 13.2 Å². The molecule has 2 N–H and O–H groups in total. The average molecular weight is 381 g/mol. The number of aromatic amines is 1. The maximum absolute atomic E-state index is 12.4. The molecule has 7 heteroatoms. The molecule has 0 saturated carbocycles. The van der Waals surface area contributed by atoms with Crippen LogP contribution in [0.3, 0.4) is 0 Å². The van der Waals surface area contributed by atoms with Crippen LogP contribution < -0.4 is 21.3 Å². The highest BCUT2D eigenvalue weighted by molar-refractivity contribution is 5.78. The van der Waals surface area contributed by atoms with Crippen molar-refractivity contribution in [3.05, 3.63) is 74.9 Å². The number of hydrogen-bond acceptors (Lipinski definition) is 4. The summed E-state index contributed by atoms with van der Waals surface area (Å²) in [6.07, 6.45) is 1.52. The molecule has 0 atom stereocenters. The van der Waals surface area contributed by atoms with E-state index in [-0.39, 0.29) is 12.5 Å². The van der Waals surface area contributed by atoms with Crippen molar-refractivity contribution >= 4 is 16.8 Å². The van der Waals surface area contributed by atoms with E-state index in [9.17, 15) is 14.4 Å². The van der Waals surface area contributed by atoms with Gasteiger partial charge in [-0.3, -0.25) is 14.2 Å². The summed E-state index contributed by atoms with van der Waals surface area (Å²) in [5.41, 5.74) is 0.577. The number of rotatable bonds is 8. The minimum atomic E-state index is -0.592. The average Bonchev–Trinajstić information content (AvgIpc) is 2.69. The largest absolute Gasteiger partial charge is 0.494 e. The van der Waals surface area contributed by atoms with Gasteiger partial charge < -0.3 is 15.0 Å². The van der Waals surface area contributed by atoms with Crippen molar-refractivity contribution in [2.24, 2.45) is 0 Å². The van der Waals surface area contributed by atoms with Gasteiger partial charge in [0.1, 0.15) is 12.3 Å². The molecule has 0 saturated heterocycles. The summed E-state index contributed by atoms with van der Waals surface area (Å²) in [7, 11) is 0. The number of aromatic nitrogens is 2. The first-order chi connectivity index (χ1) is 13.5. The molecule has 3 aromatic rings. The molecule has 0 fully saturated rings. The fraction of sp³-hybridized carbons (Fsp3) is 0.286. The number of carbonyl (C=O) groups excluding carboxylic acids is 1. The number of fused-ring (bicyclic) bond motifs is 1. The molecule has 28 heavy (non-hydrogen) atoms. The minimum Gasteiger partial charge on any atom is -0.494 e. The highest BCUT2D eigenvalue weighted by atomic mass is 16.5. The summed E-state index contributed by atoms with van der Waals surface area (Å²) in [4.78, 5) is 39.2. The highest BCUT2D eigenvalue weighted by Crippen LogP contribution is 2.11. The number of nitrogens with zero attached hydrogens (tertiary/aromatic N) is 1. The Morgan fingerprint density at radius 2 is 1.82 bits per heavy atom. The van der Waals surface area contributed by atoms with Gasteiger partial charge in [0.25, 0.3) is 5.56 Å². The number of unbranched alkanes of at least 4 members (excludes halogenated alkanes) is 1. The van der Waals surface area contributed by atoms with Crippen molar-refractivity contribution in [3.63, 3.8) is 0 Å². The quantitative estimate of drug-likeness (QED) is 0.584. The number of benzene rings is 2. The Morgan fingerprint density at radius 3 is 2.61 bits per heavy atom. The molecule has 0 aliphatic heterocycles. The molecule has 0 aliphatic carbocycles. The van der Waals surface area contributed by atoms with Crippen molar-refractivity contribution in [3.8, 4) is 5.75 Å². The third-order valence-corrected chi connectivity index (χ3v) is 4.37. The molecular weight excluding hydrogens is 358 g/mol. The zero-order chi connectivity index (χ0) is 19.9. The molecule has 0 bridgehead atoms. The van der Waals surface area contributed by atoms with E-state index in [1.807, 2.05) is 31.2 Å². The van der Waals surface area contributed by atoms with Gasteiger partial charge in [0, 0.05) is 6.54 Å². The number of nitrogens with one attached hydrogen (secondary N) is 2. The van der Waals surface area contributed by atoms with E-state index >= 15 is 0 Å². The number of hydrogen-bond donors (Lipinski definition) is 2. The Bertz CT molecular complexity index is 1070. The number of para-hydroxylation sites is 1. The Morgan fingerprint density at radius 1 is 1.07 bits per heavy atom. The van der Waals surface area contributed by atoms with Gasteiger partial charge in [-0.1, -0.05) is 29.8 Å². The van der Waals surface area contributed by atoms with E-state index in [1.165, 1.54) is 5.56 Å². The lowest BCUT2D eigenvalue weighted by Crippen LogP contribution is -2.40. The molecule has 1 amide bonds. The lowest BCUT2D eigenvalue weighted by Gasteiger charge is -2.09. The topological polar surface area (TPSA) is 93.2 Å². The van der Waals surface area contributed by atoms with Crippen LogP contribution in [-0.2, 0) is 11.3 Å². The molecular formula is C21H23N3O4. The van der Waals surface area contributed by atoms with Crippen molar-refractivity contribution in [1.29, 1.82) is 0 Å². The maximum atomic E-state index is 12.4. The standard InChI is InChI=1S/C21H23N3O4/c1-15-8-10-16(11-9-15)28-13-5-4-12-22-19(25)14-24-20(26)17-6-2-3-7-18(17)23-21(24)27/h2-3,6-11H,4-5,12-14H2,1H3,(H,22,25)(H,23,27). The van der Waals surface area contributed by atoms with Crippen LogP contribution in [0.25, 0.3) is 10.9 Å². The molecule has 0 unspecified atom stereocenters. The SMILES string of the molecule is Cc1ccc(OCCCCNC(=O)Cn2c(=O)[nH]c3ccccc3c2=O)cc1. The monoisotopic (exact) mass is 381 g/mol. The van der Waals surface area contributed by atoms with Gasteiger partial charge in [0.05, 0.1) is 17.5 Å². The first-order valence-electron chi connectivity index (χ1n) is 9.22. The number of carbonyl (C=O) groups is 1. The molecule has 1 aromatic heterocycles. The van der Waals surface area contributed by atoms with E-state index in [2.05, 4.69) is 10.3 Å². The second-order valence-electron chi connectivity index (χ2n) is 6.59. The van der Waals surface area contributed by atoms with Crippen LogP contribution in [0.2, 0.25) is 0 Å². The fourth-order valence-electron chi connectivity index (χ4n) is 2.82. The van der Waals surface area contributed by atoms with Gasteiger partial charge in [-0.05, 0) is 44.0 Å². The Balaban J connectivity index is 1.45. The van der Waals surface area contributed by atoms with E-state index in [1.54, 1.807) is 24.3 Å². The van der Waals surface area contributed by atoms with Crippen LogP contribution in [0.1, 0.15) is 18.4 Å². The summed E-state index contributed by atoms with van der Waals surface area (Å²) in [5.74, 6) is 0.451. The smallest absolute Gasteiger partial charge is 0.329 e. The molecule has 3 rings (SSSR count). The summed E-state index contributed by atoms with van der Waals surface area (Å²) in [6.45, 7) is 2.73. The number of ether oxygens (including phenoxy) is 1. The van der Waals surface area contributed by atoms with Crippen molar-refractivity contribution in [1.82, 2.24) is 14.9 Å². The zero-order valence-electron chi connectivity index (χ0n) is 15.7. The van der Waals surface area contributed by atoms with Crippen LogP contribution in [0.5, 0.6) is 5.75 Å². The molecule has 7 nitrogen and oxygen atoms in total. The van der Waals surface area contributed by atoms with Gasteiger partial charge in [0.15, 0.2) is 0 Å². The molecule has 1 heterocycles. The molecule has 0 aliphatic rings. The van der Waals surface area contributed by atoms with Gasteiger partial charge >= 0.3 is 5.69 Å². The molecule has 0 spiro atoms. The van der Waals surface area contributed by atoms with Crippen molar-refractivity contribution < 1.29 is 9.53 Å². The van der Waals surface area contributed by atoms with Gasteiger partial charge in [-0.15, -0.1) is 0 Å². The number of aryl methyl sites for hydroxylation is 1. The Kier molecular flexibility index (Phi) is 6.26. The van der Waals surface area contributed by atoms with Crippen LogP contribution >= 0.6 is 0 Å². The summed E-state index contributed by atoms with van der Waals surface area (Å²) >= 11 is 0. The normalized spacial score (nSPS) is 10.8. The first kappa shape index (κ1) is 19.4. The lowest BCUT2D eigenvalue weighted by molar-refractivity contribution is -0.121. The van der Waals surface area contributed by atoms with E-state index in [0.29, 0.717) is 24.1 Å². The highest BCUT2D eigenvalue weighted by Gasteiger charge is 2.10. The number of amides is 1. The molecule has 146 valence electrons. The van der Waals surface area contributed by atoms with E-state index < -0.39 is 11.2 Å². The Labute approximate surface area is 162 Å². The third-order valence-electron chi connectivity index (χ3n) is 4.37. The first-order valence-corrected chi connectivity index (χ1v) is 9.22. The van der Waals surface area contributed by atoms with Crippen molar-refractivity contribution in [2.45, 2.75) is 26.3 Å². The second kappa shape index (κ2) is 9.03. The van der Waals surface area contributed by atoms with Crippen LogP contribution in [0.15, 0.2) is 58.1 Å².